The molecule has 0 spiro atoms. The van der Waals surface area contributed by atoms with Crippen LogP contribution in [0.25, 0.3) is 11.0 Å². The first-order chi connectivity index (χ1) is 7.88. The number of nitrogens with one attached hydrogen (secondary N) is 1. The Kier molecular flexibility index (Phi) is 2.40. The van der Waals surface area contributed by atoms with Crippen molar-refractivity contribution in [2.24, 2.45) is 0 Å². The fourth-order valence-electron chi connectivity index (χ4n) is 2.56. The van der Waals surface area contributed by atoms with Gasteiger partial charge in [0, 0.05) is 12.6 Å². The largest absolute Gasteiger partial charge is 0.329 e. The van der Waals surface area contributed by atoms with E-state index >= 15 is 0 Å². The molecule has 0 amide bonds. The Labute approximate surface area is 95.5 Å². The van der Waals surface area contributed by atoms with Gasteiger partial charge in [-0.3, -0.25) is 0 Å². The van der Waals surface area contributed by atoms with E-state index in [1.165, 1.54) is 17.5 Å². The molecule has 0 radical (unpaired) electrons. The van der Waals surface area contributed by atoms with Gasteiger partial charge in [-0.05, 0) is 31.0 Å². The standard InChI is InChI=1S/C13H17N3/c1-2-6-14-11-7-10-4-3-5-12-13(10)16(8-11)9-15-12/h3-5,9,11,14H,2,6-8H2,1H3. The molecule has 1 aliphatic heterocycles. The van der Waals surface area contributed by atoms with Crippen LogP contribution in [-0.2, 0) is 13.0 Å². The molecule has 2 heterocycles. The molecular formula is C13H17N3. The fourth-order valence-corrected chi connectivity index (χ4v) is 2.56. The van der Waals surface area contributed by atoms with Crippen molar-refractivity contribution in [2.45, 2.75) is 32.4 Å². The molecule has 1 aromatic carbocycles. The van der Waals surface area contributed by atoms with Gasteiger partial charge in [0.2, 0.25) is 0 Å². The summed E-state index contributed by atoms with van der Waals surface area (Å²) in [6.07, 6.45) is 4.29. The monoisotopic (exact) mass is 215 g/mol. The van der Waals surface area contributed by atoms with Gasteiger partial charge in [0.05, 0.1) is 17.4 Å². The first kappa shape index (κ1) is 9.85. The molecule has 1 N–H and O–H groups in total. The normalized spacial score (nSPS) is 19.2. The Morgan fingerprint density at radius 1 is 1.50 bits per heavy atom. The zero-order chi connectivity index (χ0) is 11.0. The Hall–Kier alpha value is -1.35. The first-order valence-corrected chi connectivity index (χ1v) is 6.04. The lowest BCUT2D eigenvalue weighted by atomic mass is 10.0. The van der Waals surface area contributed by atoms with Crippen molar-refractivity contribution in [1.29, 1.82) is 0 Å². The van der Waals surface area contributed by atoms with Gasteiger partial charge in [0.25, 0.3) is 0 Å². The minimum absolute atomic E-state index is 0.562. The number of para-hydroxylation sites is 1. The molecular weight excluding hydrogens is 198 g/mol. The lowest BCUT2D eigenvalue weighted by Gasteiger charge is -2.25. The van der Waals surface area contributed by atoms with Gasteiger partial charge in [-0.2, -0.15) is 0 Å². The molecule has 1 unspecified atom stereocenters. The summed E-state index contributed by atoms with van der Waals surface area (Å²) in [6.45, 7) is 4.36. The van der Waals surface area contributed by atoms with Crippen LogP contribution in [0.4, 0.5) is 0 Å². The van der Waals surface area contributed by atoms with Crippen molar-refractivity contribution < 1.29 is 0 Å². The molecule has 84 valence electrons. The van der Waals surface area contributed by atoms with Crippen molar-refractivity contribution in [1.82, 2.24) is 14.9 Å². The minimum Gasteiger partial charge on any atom is -0.329 e. The van der Waals surface area contributed by atoms with Gasteiger partial charge in [-0.25, -0.2) is 4.98 Å². The number of rotatable bonds is 3. The fraction of sp³-hybridized carbons (Fsp3) is 0.462. The van der Waals surface area contributed by atoms with Crippen LogP contribution in [0.1, 0.15) is 18.9 Å². The molecule has 1 aromatic heterocycles. The van der Waals surface area contributed by atoms with Gasteiger partial charge in [-0.1, -0.05) is 19.1 Å². The van der Waals surface area contributed by atoms with E-state index in [0.717, 1.165) is 25.0 Å². The third kappa shape index (κ3) is 1.52. The number of hydrogen-bond acceptors (Lipinski definition) is 2. The smallest absolute Gasteiger partial charge is 0.0958 e. The molecule has 2 aromatic rings. The molecule has 0 bridgehead atoms. The molecule has 1 aliphatic rings. The number of nitrogens with zero attached hydrogens (tertiary/aromatic N) is 2. The van der Waals surface area contributed by atoms with Crippen molar-refractivity contribution in [2.75, 3.05) is 6.54 Å². The number of imidazole rings is 1. The maximum absolute atomic E-state index is 4.44. The SMILES string of the molecule is CCCNC1Cc2cccc3ncn(c23)C1. The van der Waals surface area contributed by atoms with Crippen molar-refractivity contribution >= 4 is 11.0 Å². The lowest BCUT2D eigenvalue weighted by Crippen LogP contribution is -2.37. The summed E-state index contributed by atoms with van der Waals surface area (Å²) in [5, 5.41) is 3.60. The van der Waals surface area contributed by atoms with E-state index < -0.39 is 0 Å². The highest BCUT2D eigenvalue weighted by Crippen LogP contribution is 2.24. The average molecular weight is 215 g/mol. The molecule has 0 saturated carbocycles. The van der Waals surface area contributed by atoms with E-state index in [-0.39, 0.29) is 0 Å². The Morgan fingerprint density at radius 3 is 3.31 bits per heavy atom. The Balaban J connectivity index is 1.94. The van der Waals surface area contributed by atoms with Gasteiger partial charge in [-0.15, -0.1) is 0 Å². The molecule has 3 rings (SSSR count). The zero-order valence-electron chi connectivity index (χ0n) is 9.61. The maximum atomic E-state index is 4.44. The highest BCUT2D eigenvalue weighted by molar-refractivity contribution is 5.79. The summed E-state index contributed by atoms with van der Waals surface area (Å²) >= 11 is 0. The summed E-state index contributed by atoms with van der Waals surface area (Å²) in [5.74, 6) is 0. The summed E-state index contributed by atoms with van der Waals surface area (Å²) in [6, 6.07) is 6.99. The van der Waals surface area contributed by atoms with E-state index in [1.54, 1.807) is 0 Å². The van der Waals surface area contributed by atoms with Gasteiger partial charge in [0.1, 0.15) is 0 Å². The summed E-state index contributed by atoms with van der Waals surface area (Å²) < 4.78 is 2.28. The van der Waals surface area contributed by atoms with Crippen LogP contribution in [0.15, 0.2) is 24.5 Å². The number of aromatic nitrogens is 2. The molecule has 3 heteroatoms. The van der Waals surface area contributed by atoms with Crippen molar-refractivity contribution in [3.8, 4) is 0 Å². The van der Waals surface area contributed by atoms with E-state index in [4.69, 9.17) is 0 Å². The molecule has 16 heavy (non-hydrogen) atoms. The molecule has 3 nitrogen and oxygen atoms in total. The van der Waals surface area contributed by atoms with Gasteiger partial charge >= 0.3 is 0 Å². The average Bonchev–Trinajstić information content (AvgIpc) is 2.72. The molecule has 0 saturated heterocycles. The second-order valence-electron chi connectivity index (χ2n) is 4.54. The lowest BCUT2D eigenvalue weighted by molar-refractivity contribution is 0.438. The Morgan fingerprint density at radius 2 is 2.44 bits per heavy atom. The third-order valence-electron chi connectivity index (χ3n) is 3.29. The van der Waals surface area contributed by atoms with Crippen LogP contribution in [0.3, 0.4) is 0 Å². The topological polar surface area (TPSA) is 29.9 Å². The summed E-state index contributed by atoms with van der Waals surface area (Å²) in [4.78, 5) is 4.44. The van der Waals surface area contributed by atoms with Crippen LogP contribution in [0.2, 0.25) is 0 Å². The quantitative estimate of drug-likeness (QED) is 0.848. The van der Waals surface area contributed by atoms with Crippen LogP contribution in [0, 0.1) is 0 Å². The van der Waals surface area contributed by atoms with Crippen LogP contribution in [-0.4, -0.2) is 22.1 Å². The molecule has 1 atom stereocenters. The predicted octanol–water partition coefficient (Wildman–Crippen LogP) is 1.96. The maximum Gasteiger partial charge on any atom is 0.0958 e. The summed E-state index contributed by atoms with van der Waals surface area (Å²) in [5.41, 5.74) is 3.89. The van der Waals surface area contributed by atoms with Crippen molar-refractivity contribution in [3.05, 3.63) is 30.1 Å². The van der Waals surface area contributed by atoms with Gasteiger partial charge in [0.15, 0.2) is 0 Å². The third-order valence-corrected chi connectivity index (χ3v) is 3.29. The second-order valence-corrected chi connectivity index (χ2v) is 4.54. The summed E-state index contributed by atoms with van der Waals surface area (Å²) in [7, 11) is 0. The van der Waals surface area contributed by atoms with Crippen LogP contribution < -0.4 is 5.32 Å². The van der Waals surface area contributed by atoms with Crippen LogP contribution in [0.5, 0.6) is 0 Å². The first-order valence-electron chi connectivity index (χ1n) is 6.04. The van der Waals surface area contributed by atoms with E-state index in [2.05, 4.69) is 40.0 Å². The van der Waals surface area contributed by atoms with Crippen LogP contribution >= 0.6 is 0 Å². The highest BCUT2D eigenvalue weighted by Gasteiger charge is 2.19. The van der Waals surface area contributed by atoms with E-state index in [9.17, 15) is 0 Å². The minimum atomic E-state index is 0.562. The van der Waals surface area contributed by atoms with E-state index in [0.29, 0.717) is 6.04 Å². The predicted molar refractivity (Wildman–Crippen MR) is 65.5 cm³/mol. The van der Waals surface area contributed by atoms with Gasteiger partial charge < -0.3 is 9.88 Å². The molecule has 0 fully saturated rings. The highest BCUT2D eigenvalue weighted by atomic mass is 15.1. The second kappa shape index (κ2) is 3.91. The van der Waals surface area contributed by atoms with E-state index in [1.807, 2.05) is 6.33 Å². The van der Waals surface area contributed by atoms with Crippen molar-refractivity contribution in [3.63, 3.8) is 0 Å². The molecule has 0 aliphatic carbocycles. The zero-order valence-corrected chi connectivity index (χ0v) is 9.61. The Bertz CT molecular complexity index is 501. The number of hydrogen-bond donors (Lipinski definition) is 1. The number of benzene rings is 1.